The molecule has 20 heavy (non-hydrogen) atoms. The molecule has 1 aromatic carbocycles. The lowest BCUT2D eigenvalue weighted by molar-refractivity contribution is 0.152. The Bertz CT molecular complexity index is 428. The summed E-state index contributed by atoms with van der Waals surface area (Å²) in [4.78, 5) is 15.9. The van der Waals surface area contributed by atoms with E-state index in [1.165, 1.54) is 0 Å². The zero-order valence-electron chi connectivity index (χ0n) is 12.0. The van der Waals surface area contributed by atoms with Gasteiger partial charge in [0.05, 0.1) is 7.11 Å². The number of nitrogens with one attached hydrogen (secondary N) is 1. The second-order valence-electron chi connectivity index (χ2n) is 4.59. The number of carbonyl (C=O) groups is 1. The highest BCUT2D eigenvalue weighted by molar-refractivity contribution is 5.74. The lowest BCUT2D eigenvalue weighted by atomic mass is 10.2. The first-order chi connectivity index (χ1) is 9.74. The first-order valence-electron chi connectivity index (χ1n) is 6.65. The summed E-state index contributed by atoms with van der Waals surface area (Å²) in [6.45, 7) is 3.32. The number of methoxy groups -OCH3 is 2. The number of nitrogens with zero attached hydrogens (tertiary/aromatic N) is 2. The number of urea groups is 1. The van der Waals surface area contributed by atoms with Crippen LogP contribution in [0.2, 0.25) is 0 Å². The van der Waals surface area contributed by atoms with Crippen LogP contribution in [0.5, 0.6) is 5.75 Å². The smallest absolute Gasteiger partial charge is 0.319 e. The Kier molecular flexibility index (Phi) is 5.06. The van der Waals surface area contributed by atoms with Crippen LogP contribution in [0.3, 0.4) is 0 Å². The van der Waals surface area contributed by atoms with Crippen LogP contribution in [0, 0.1) is 0 Å². The summed E-state index contributed by atoms with van der Waals surface area (Å²) in [6, 6.07) is 7.92. The van der Waals surface area contributed by atoms with Crippen LogP contribution in [0.1, 0.15) is 0 Å². The molecule has 1 N–H and O–H groups in total. The van der Waals surface area contributed by atoms with Crippen molar-refractivity contribution in [1.29, 1.82) is 0 Å². The molecule has 1 aliphatic rings. The molecule has 0 saturated carbocycles. The van der Waals surface area contributed by atoms with Crippen LogP contribution in [0.4, 0.5) is 10.5 Å². The number of benzene rings is 1. The van der Waals surface area contributed by atoms with Gasteiger partial charge in [0.15, 0.2) is 0 Å². The Hall–Kier alpha value is -1.95. The van der Waals surface area contributed by atoms with Crippen molar-refractivity contribution in [3.63, 3.8) is 0 Å². The molecule has 1 fully saturated rings. The molecule has 110 valence electrons. The van der Waals surface area contributed by atoms with E-state index < -0.39 is 0 Å². The summed E-state index contributed by atoms with van der Waals surface area (Å²) in [5.41, 5.74) is 1.16. The van der Waals surface area contributed by atoms with Crippen LogP contribution in [0.15, 0.2) is 24.3 Å². The minimum absolute atomic E-state index is 0.0683. The molecule has 0 aromatic heterocycles. The fourth-order valence-corrected chi connectivity index (χ4v) is 2.21. The predicted molar refractivity (Wildman–Crippen MR) is 77.2 cm³/mol. The topological polar surface area (TPSA) is 54.0 Å². The molecule has 2 amide bonds. The summed E-state index contributed by atoms with van der Waals surface area (Å²) in [6.07, 6.45) is 0. The number of hydrogen-bond donors (Lipinski definition) is 1. The van der Waals surface area contributed by atoms with Gasteiger partial charge in [0, 0.05) is 39.0 Å². The maximum absolute atomic E-state index is 11.8. The lowest BCUT2D eigenvalue weighted by Gasteiger charge is -2.36. The van der Waals surface area contributed by atoms with Gasteiger partial charge < -0.3 is 24.6 Å². The SMILES string of the molecule is COCNC(=O)N1CCN(c2ccc(OC)cc2)CC1. The van der Waals surface area contributed by atoms with E-state index in [2.05, 4.69) is 10.2 Å². The van der Waals surface area contributed by atoms with Gasteiger partial charge in [-0.15, -0.1) is 0 Å². The van der Waals surface area contributed by atoms with Gasteiger partial charge in [-0.05, 0) is 24.3 Å². The van der Waals surface area contributed by atoms with E-state index in [1.54, 1.807) is 19.1 Å². The molecule has 0 atom stereocenters. The van der Waals surface area contributed by atoms with Crippen molar-refractivity contribution in [3.8, 4) is 5.75 Å². The first-order valence-corrected chi connectivity index (χ1v) is 6.65. The van der Waals surface area contributed by atoms with E-state index in [9.17, 15) is 4.79 Å². The van der Waals surface area contributed by atoms with E-state index >= 15 is 0 Å². The fraction of sp³-hybridized carbons (Fsp3) is 0.500. The maximum Gasteiger partial charge on any atom is 0.319 e. The zero-order chi connectivity index (χ0) is 14.4. The normalized spacial score (nSPS) is 15.1. The molecule has 0 unspecified atom stereocenters. The van der Waals surface area contributed by atoms with Crippen molar-refractivity contribution >= 4 is 11.7 Å². The quantitative estimate of drug-likeness (QED) is 0.840. The molecular formula is C14H21N3O3. The maximum atomic E-state index is 11.8. The molecule has 1 aromatic rings. The average Bonchev–Trinajstić information content (AvgIpc) is 2.53. The molecule has 0 aliphatic carbocycles. The van der Waals surface area contributed by atoms with Crippen LogP contribution in [0.25, 0.3) is 0 Å². The molecule has 0 radical (unpaired) electrons. The Morgan fingerprint density at radius 3 is 2.35 bits per heavy atom. The van der Waals surface area contributed by atoms with Gasteiger partial charge in [0.25, 0.3) is 0 Å². The van der Waals surface area contributed by atoms with Crippen molar-refractivity contribution in [2.75, 3.05) is 52.0 Å². The molecule has 2 rings (SSSR count). The zero-order valence-corrected chi connectivity index (χ0v) is 12.0. The van der Waals surface area contributed by atoms with Crippen molar-refractivity contribution in [2.45, 2.75) is 0 Å². The van der Waals surface area contributed by atoms with E-state index in [0.29, 0.717) is 13.1 Å². The molecule has 6 heteroatoms. The fourth-order valence-electron chi connectivity index (χ4n) is 2.21. The second-order valence-corrected chi connectivity index (χ2v) is 4.59. The standard InChI is InChI=1S/C14H21N3O3/c1-19-11-15-14(18)17-9-7-16(8-10-17)12-3-5-13(20-2)6-4-12/h3-6H,7-11H2,1-2H3,(H,15,18). The Morgan fingerprint density at radius 2 is 1.80 bits per heavy atom. The van der Waals surface area contributed by atoms with Gasteiger partial charge in [-0.1, -0.05) is 0 Å². The molecule has 1 aliphatic heterocycles. The molecular weight excluding hydrogens is 258 g/mol. The Morgan fingerprint density at radius 1 is 1.15 bits per heavy atom. The molecule has 0 spiro atoms. The van der Waals surface area contributed by atoms with Gasteiger partial charge in [-0.25, -0.2) is 4.79 Å². The van der Waals surface area contributed by atoms with E-state index in [1.807, 2.05) is 24.3 Å². The largest absolute Gasteiger partial charge is 0.497 e. The van der Waals surface area contributed by atoms with E-state index in [-0.39, 0.29) is 12.8 Å². The number of carbonyl (C=O) groups excluding carboxylic acids is 1. The Balaban J connectivity index is 1.85. The molecule has 1 heterocycles. The highest BCUT2D eigenvalue weighted by Crippen LogP contribution is 2.20. The third kappa shape index (κ3) is 3.54. The first kappa shape index (κ1) is 14.5. The van der Waals surface area contributed by atoms with Crippen molar-refractivity contribution in [3.05, 3.63) is 24.3 Å². The molecule has 1 saturated heterocycles. The number of amides is 2. The van der Waals surface area contributed by atoms with Gasteiger partial charge in [-0.2, -0.15) is 0 Å². The summed E-state index contributed by atoms with van der Waals surface area (Å²) < 4.78 is 9.99. The van der Waals surface area contributed by atoms with Gasteiger partial charge >= 0.3 is 6.03 Å². The summed E-state index contributed by atoms with van der Waals surface area (Å²) >= 11 is 0. The van der Waals surface area contributed by atoms with E-state index in [0.717, 1.165) is 24.5 Å². The average molecular weight is 279 g/mol. The van der Waals surface area contributed by atoms with Gasteiger partial charge in [0.1, 0.15) is 12.5 Å². The lowest BCUT2D eigenvalue weighted by Crippen LogP contribution is -2.52. The van der Waals surface area contributed by atoms with Crippen molar-refractivity contribution < 1.29 is 14.3 Å². The van der Waals surface area contributed by atoms with Crippen LogP contribution >= 0.6 is 0 Å². The van der Waals surface area contributed by atoms with Crippen LogP contribution < -0.4 is 15.0 Å². The number of hydrogen-bond acceptors (Lipinski definition) is 4. The van der Waals surface area contributed by atoms with Crippen molar-refractivity contribution in [1.82, 2.24) is 10.2 Å². The van der Waals surface area contributed by atoms with Gasteiger partial charge in [-0.3, -0.25) is 0 Å². The third-order valence-electron chi connectivity index (χ3n) is 3.37. The number of ether oxygens (including phenoxy) is 2. The molecule has 0 bridgehead atoms. The summed E-state index contributed by atoms with van der Waals surface area (Å²) in [5.74, 6) is 0.853. The van der Waals surface area contributed by atoms with Gasteiger partial charge in [0.2, 0.25) is 0 Å². The monoisotopic (exact) mass is 279 g/mol. The predicted octanol–water partition coefficient (Wildman–Crippen LogP) is 1.13. The van der Waals surface area contributed by atoms with Crippen molar-refractivity contribution in [2.24, 2.45) is 0 Å². The van der Waals surface area contributed by atoms with Crippen LogP contribution in [-0.2, 0) is 4.74 Å². The minimum atomic E-state index is -0.0683. The van der Waals surface area contributed by atoms with E-state index in [4.69, 9.17) is 9.47 Å². The number of anilines is 1. The van der Waals surface area contributed by atoms with Crippen LogP contribution in [-0.4, -0.2) is 58.1 Å². The highest BCUT2D eigenvalue weighted by Gasteiger charge is 2.20. The summed E-state index contributed by atoms with van der Waals surface area (Å²) in [5, 5.41) is 2.70. The third-order valence-corrected chi connectivity index (χ3v) is 3.37. The number of rotatable bonds is 4. The second kappa shape index (κ2) is 7.00. The minimum Gasteiger partial charge on any atom is -0.497 e. The summed E-state index contributed by atoms with van der Waals surface area (Å²) in [7, 11) is 3.22. The Labute approximate surface area is 119 Å². The highest BCUT2D eigenvalue weighted by atomic mass is 16.5. The molecule has 6 nitrogen and oxygen atoms in total. The number of piperazine rings is 1.